The quantitative estimate of drug-likeness (QED) is 0.611. The molecule has 28 heavy (non-hydrogen) atoms. The average molecular weight is 419 g/mol. The third-order valence-electron chi connectivity index (χ3n) is 3.98. The van der Waals surface area contributed by atoms with Gasteiger partial charge in [-0.1, -0.05) is 12.1 Å². The highest BCUT2D eigenvalue weighted by Gasteiger charge is 2.17. The van der Waals surface area contributed by atoms with E-state index >= 15 is 0 Å². The first-order valence-electron chi connectivity index (χ1n) is 8.45. The predicted molar refractivity (Wildman–Crippen MR) is 108 cm³/mol. The monoisotopic (exact) mass is 418 g/mol. The van der Waals surface area contributed by atoms with Crippen LogP contribution in [0, 0.1) is 5.82 Å². The molecule has 2 aromatic carbocycles. The van der Waals surface area contributed by atoms with Crippen LogP contribution in [0.4, 0.5) is 4.39 Å². The van der Waals surface area contributed by atoms with E-state index in [1.165, 1.54) is 28.4 Å². The number of hydrogen-bond donors (Lipinski definition) is 0. The van der Waals surface area contributed by atoms with Crippen molar-refractivity contribution in [3.63, 3.8) is 0 Å². The Kier molecular flexibility index (Phi) is 5.90. The van der Waals surface area contributed by atoms with Gasteiger partial charge in [0.2, 0.25) is 0 Å². The van der Waals surface area contributed by atoms with Gasteiger partial charge in [-0.2, -0.15) is 0 Å². The van der Waals surface area contributed by atoms with Gasteiger partial charge < -0.3 is 4.90 Å². The summed E-state index contributed by atoms with van der Waals surface area (Å²) in [5.41, 5.74) is 2.20. The predicted octanol–water partition coefficient (Wildman–Crippen LogP) is 3.77. The Balaban J connectivity index is 1.73. The lowest BCUT2D eigenvalue weighted by molar-refractivity contribution is 0.0827. The van der Waals surface area contributed by atoms with Gasteiger partial charge in [-0.15, -0.1) is 11.3 Å². The Hall–Kier alpha value is -2.58. The highest BCUT2D eigenvalue weighted by atomic mass is 32.2. The molecule has 8 heteroatoms. The second kappa shape index (κ2) is 8.20. The van der Waals surface area contributed by atoms with E-state index < -0.39 is 9.84 Å². The molecule has 0 bridgehead atoms. The highest BCUT2D eigenvalue weighted by Crippen LogP contribution is 2.25. The molecule has 0 aliphatic heterocycles. The zero-order chi connectivity index (χ0) is 20.3. The molecule has 0 N–H and O–H groups in total. The fourth-order valence-corrected chi connectivity index (χ4v) is 5.00. The van der Waals surface area contributed by atoms with Crippen LogP contribution in [-0.2, 0) is 21.3 Å². The van der Waals surface area contributed by atoms with Gasteiger partial charge in [-0.3, -0.25) is 4.79 Å². The largest absolute Gasteiger partial charge is 0.345 e. The first kappa shape index (κ1) is 20.2. The van der Waals surface area contributed by atoms with Crippen molar-refractivity contribution in [1.29, 1.82) is 0 Å². The SMILES string of the molecule is CN(C)C(=O)c1cccc(CS(=O)(=O)Cc2csc(-c3ccc(F)cc3)n2)c1. The van der Waals surface area contributed by atoms with E-state index in [4.69, 9.17) is 0 Å². The van der Waals surface area contributed by atoms with Gasteiger partial charge in [0, 0.05) is 30.6 Å². The molecule has 0 spiro atoms. The van der Waals surface area contributed by atoms with E-state index in [-0.39, 0.29) is 23.2 Å². The van der Waals surface area contributed by atoms with Crippen LogP contribution in [0.2, 0.25) is 0 Å². The molecule has 0 radical (unpaired) electrons. The number of amides is 1. The summed E-state index contributed by atoms with van der Waals surface area (Å²) < 4.78 is 38.2. The highest BCUT2D eigenvalue weighted by molar-refractivity contribution is 7.89. The number of hydrogen-bond acceptors (Lipinski definition) is 5. The van der Waals surface area contributed by atoms with Crippen molar-refractivity contribution in [2.75, 3.05) is 14.1 Å². The number of aromatic nitrogens is 1. The minimum Gasteiger partial charge on any atom is -0.345 e. The molecule has 0 aliphatic carbocycles. The molecule has 5 nitrogen and oxygen atoms in total. The van der Waals surface area contributed by atoms with E-state index in [1.807, 2.05) is 0 Å². The van der Waals surface area contributed by atoms with Crippen LogP contribution in [-0.4, -0.2) is 38.3 Å². The van der Waals surface area contributed by atoms with Crippen molar-refractivity contribution in [2.24, 2.45) is 0 Å². The summed E-state index contributed by atoms with van der Waals surface area (Å²) in [6, 6.07) is 12.5. The molecule has 0 aliphatic rings. The number of sulfone groups is 1. The van der Waals surface area contributed by atoms with E-state index in [1.54, 1.807) is 55.9 Å². The fraction of sp³-hybridized carbons (Fsp3) is 0.200. The molecule has 0 atom stereocenters. The second-order valence-corrected chi connectivity index (χ2v) is 9.51. The molecule has 0 unspecified atom stereocenters. The van der Waals surface area contributed by atoms with Gasteiger partial charge >= 0.3 is 0 Å². The van der Waals surface area contributed by atoms with Crippen LogP contribution in [0.1, 0.15) is 21.6 Å². The Labute approximate surface area is 167 Å². The third-order valence-corrected chi connectivity index (χ3v) is 6.43. The van der Waals surface area contributed by atoms with Crippen molar-refractivity contribution in [2.45, 2.75) is 11.5 Å². The topological polar surface area (TPSA) is 67.3 Å². The first-order chi connectivity index (χ1) is 13.2. The molecule has 3 rings (SSSR count). The maximum absolute atomic E-state index is 13.0. The number of thiazole rings is 1. The number of rotatable bonds is 6. The lowest BCUT2D eigenvalue weighted by Gasteiger charge is -2.11. The molecule has 1 amide bonds. The minimum atomic E-state index is -3.47. The van der Waals surface area contributed by atoms with Crippen molar-refractivity contribution in [3.05, 3.63) is 76.5 Å². The molecule has 1 aromatic heterocycles. The third kappa shape index (κ3) is 5.02. The molecular weight excluding hydrogens is 399 g/mol. The van der Waals surface area contributed by atoms with Gasteiger partial charge in [-0.25, -0.2) is 17.8 Å². The van der Waals surface area contributed by atoms with Gasteiger partial charge in [0.25, 0.3) is 5.91 Å². The minimum absolute atomic E-state index is 0.176. The molecule has 146 valence electrons. The number of carbonyl (C=O) groups is 1. The maximum atomic E-state index is 13.0. The van der Waals surface area contributed by atoms with Gasteiger partial charge in [0.1, 0.15) is 10.8 Å². The molecule has 0 saturated carbocycles. The fourth-order valence-electron chi connectivity index (χ4n) is 2.68. The van der Waals surface area contributed by atoms with Crippen LogP contribution in [0.5, 0.6) is 0 Å². The van der Waals surface area contributed by atoms with Crippen molar-refractivity contribution in [1.82, 2.24) is 9.88 Å². The summed E-state index contributed by atoms with van der Waals surface area (Å²) in [5.74, 6) is -0.887. The Morgan fingerprint density at radius 2 is 1.82 bits per heavy atom. The van der Waals surface area contributed by atoms with E-state index in [2.05, 4.69) is 4.98 Å². The second-order valence-electron chi connectivity index (χ2n) is 6.58. The normalized spacial score (nSPS) is 11.4. The van der Waals surface area contributed by atoms with E-state index in [0.717, 1.165) is 5.56 Å². The zero-order valence-corrected chi connectivity index (χ0v) is 17.1. The van der Waals surface area contributed by atoms with Crippen molar-refractivity contribution < 1.29 is 17.6 Å². The Morgan fingerprint density at radius 1 is 1.11 bits per heavy atom. The zero-order valence-electron chi connectivity index (χ0n) is 15.4. The standard InChI is InChI=1S/C20H19FN2O3S2/c1-23(2)20(24)16-5-3-4-14(10-16)12-28(25,26)13-18-11-27-19(22-18)15-6-8-17(21)9-7-15/h3-11H,12-13H2,1-2H3. The molecule has 0 saturated heterocycles. The van der Waals surface area contributed by atoms with Crippen LogP contribution in [0.3, 0.4) is 0 Å². The average Bonchev–Trinajstić information content (AvgIpc) is 3.09. The summed E-state index contributed by atoms with van der Waals surface area (Å²) in [4.78, 5) is 17.9. The van der Waals surface area contributed by atoms with Crippen molar-refractivity contribution in [3.8, 4) is 10.6 Å². The van der Waals surface area contributed by atoms with Crippen LogP contribution in [0.25, 0.3) is 10.6 Å². The van der Waals surface area contributed by atoms with Crippen LogP contribution < -0.4 is 0 Å². The number of nitrogens with zero attached hydrogens (tertiary/aromatic N) is 2. The van der Waals surface area contributed by atoms with Crippen LogP contribution >= 0.6 is 11.3 Å². The smallest absolute Gasteiger partial charge is 0.253 e. The van der Waals surface area contributed by atoms with Crippen LogP contribution in [0.15, 0.2) is 53.9 Å². The summed E-state index contributed by atoms with van der Waals surface area (Å²) >= 11 is 1.32. The summed E-state index contributed by atoms with van der Waals surface area (Å²) in [7, 11) is -0.176. The van der Waals surface area contributed by atoms with Crippen molar-refractivity contribution >= 4 is 27.1 Å². The molecular formula is C20H19FN2O3S2. The van der Waals surface area contributed by atoms with E-state index in [9.17, 15) is 17.6 Å². The summed E-state index contributed by atoms with van der Waals surface area (Å²) in [5, 5.41) is 2.34. The maximum Gasteiger partial charge on any atom is 0.253 e. The number of halogens is 1. The number of benzene rings is 2. The summed E-state index contributed by atoms with van der Waals surface area (Å²) in [6.07, 6.45) is 0. The molecule has 0 fully saturated rings. The Morgan fingerprint density at radius 3 is 2.50 bits per heavy atom. The van der Waals surface area contributed by atoms with E-state index in [0.29, 0.717) is 21.8 Å². The summed E-state index contributed by atoms with van der Waals surface area (Å²) in [6.45, 7) is 0. The molecule has 3 aromatic rings. The van der Waals surface area contributed by atoms with Gasteiger partial charge in [0.05, 0.1) is 17.2 Å². The first-order valence-corrected chi connectivity index (χ1v) is 11.1. The number of carbonyl (C=O) groups excluding carboxylic acids is 1. The lowest BCUT2D eigenvalue weighted by atomic mass is 10.1. The molecule has 1 heterocycles. The lowest BCUT2D eigenvalue weighted by Crippen LogP contribution is -2.21. The van der Waals surface area contributed by atoms with Gasteiger partial charge in [-0.05, 0) is 42.0 Å². The Bertz CT molecular complexity index is 1090. The van der Waals surface area contributed by atoms with Gasteiger partial charge in [0.15, 0.2) is 9.84 Å².